The van der Waals surface area contributed by atoms with E-state index in [9.17, 15) is 18.0 Å². The summed E-state index contributed by atoms with van der Waals surface area (Å²) in [7, 11) is 0. The van der Waals surface area contributed by atoms with Gasteiger partial charge in [-0.3, -0.25) is 4.79 Å². The van der Waals surface area contributed by atoms with Crippen molar-refractivity contribution in [2.45, 2.75) is 18.6 Å². The summed E-state index contributed by atoms with van der Waals surface area (Å²) in [5, 5.41) is 7.12. The molecule has 0 spiro atoms. The number of carboxylic acid groups (broad SMARTS) is 1. The fourth-order valence-electron chi connectivity index (χ4n) is 2.26. The second-order valence-electron chi connectivity index (χ2n) is 4.26. The molecule has 1 fully saturated rings. The summed E-state index contributed by atoms with van der Waals surface area (Å²) in [5.41, 5.74) is 11.0. The first-order valence-corrected chi connectivity index (χ1v) is 5.18. The summed E-state index contributed by atoms with van der Waals surface area (Å²) in [5.74, 6) is -2.38. The molecule has 0 saturated heterocycles. The van der Waals surface area contributed by atoms with Gasteiger partial charge in [-0.05, 0) is 18.3 Å². The first-order valence-electron chi connectivity index (χ1n) is 5.18. The van der Waals surface area contributed by atoms with E-state index in [1.54, 1.807) is 0 Å². The molecule has 0 aromatic rings. The van der Waals surface area contributed by atoms with Gasteiger partial charge in [-0.15, -0.1) is 0 Å². The highest BCUT2D eigenvalue weighted by molar-refractivity contribution is 5.79. The third-order valence-electron chi connectivity index (χ3n) is 3.09. The molecule has 0 unspecified atom stereocenters. The topological polar surface area (TPSA) is 106 Å². The summed E-state index contributed by atoms with van der Waals surface area (Å²) in [6.07, 6.45) is 0.118. The van der Waals surface area contributed by atoms with Crippen molar-refractivity contribution in [1.29, 1.82) is 0 Å². The van der Waals surface area contributed by atoms with Gasteiger partial charge >= 0.3 is 12.1 Å². The van der Waals surface area contributed by atoms with Crippen molar-refractivity contribution in [3.8, 4) is 0 Å². The van der Waals surface area contributed by atoms with Crippen molar-refractivity contribution in [3.05, 3.63) is 12.2 Å². The number of nitrogens with two attached hydrogens (primary N) is 2. The van der Waals surface area contributed by atoms with Gasteiger partial charge in [0, 0.05) is 6.04 Å². The lowest BCUT2D eigenvalue weighted by Gasteiger charge is -2.20. The SMILES string of the molecule is NC(=O)[C@@H]1[C@H](N)[C@H]2C=C[C@@H]1C2.O=C(O)C(F)(F)F. The third kappa shape index (κ3) is 3.00. The number of alkyl halides is 3. The Morgan fingerprint density at radius 1 is 1.22 bits per heavy atom. The average Bonchev–Trinajstić information content (AvgIpc) is 2.76. The first kappa shape index (κ1) is 14.5. The van der Waals surface area contributed by atoms with E-state index < -0.39 is 12.1 Å². The van der Waals surface area contributed by atoms with Crippen LogP contribution in [0, 0.1) is 17.8 Å². The molecule has 4 atom stereocenters. The Morgan fingerprint density at radius 3 is 1.89 bits per heavy atom. The van der Waals surface area contributed by atoms with E-state index in [2.05, 4.69) is 12.2 Å². The lowest BCUT2D eigenvalue weighted by Crippen LogP contribution is -2.41. The van der Waals surface area contributed by atoms with Crippen LogP contribution in [0.25, 0.3) is 0 Å². The number of hydrogen-bond acceptors (Lipinski definition) is 3. The lowest BCUT2D eigenvalue weighted by atomic mass is 9.89. The number of primary amides is 1. The smallest absolute Gasteiger partial charge is 0.475 e. The number of fused-ring (bicyclic) bond motifs is 2. The van der Waals surface area contributed by atoms with Gasteiger partial charge < -0.3 is 16.6 Å². The van der Waals surface area contributed by atoms with Crippen LogP contribution < -0.4 is 11.5 Å². The Morgan fingerprint density at radius 2 is 1.67 bits per heavy atom. The van der Waals surface area contributed by atoms with Gasteiger partial charge in [0.15, 0.2) is 0 Å². The molecule has 8 heteroatoms. The van der Waals surface area contributed by atoms with Crippen molar-refractivity contribution in [2.24, 2.45) is 29.2 Å². The molecule has 2 rings (SSSR count). The normalized spacial score (nSPS) is 32.9. The molecule has 0 heterocycles. The van der Waals surface area contributed by atoms with Gasteiger partial charge in [0.1, 0.15) is 0 Å². The summed E-state index contributed by atoms with van der Waals surface area (Å²) in [4.78, 5) is 19.8. The fourth-order valence-corrected chi connectivity index (χ4v) is 2.26. The van der Waals surface area contributed by atoms with Crippen LogP contribution in [0.15, 0.2) is 12.2 Å². The van der Waals surface area contributed by atoms with Crippen LogP contribution in [0.5, 0.6) is 0 Å². The lowest BCUT2D eigenvalue weighted by molar-refractivity contribution is -0.192. The summed E-state index contributed by atoms with van der Waals surface area (Å²) in [6.45, 7) is 0. The predicted octanol–water partition coefficient (Wildman–Crippen LogP) is 0.254. The van der Waals surface area contributed by atoms with Gasteiger partial charge in [0.25, 0.3) is 0 Å². The monoisotopic (exact) mass is 266 g/mol. The van der Waals surface area contributed by atoms with Gasteiger partial charge in [0.2, 0.25) is 5.91 Å². The summed E-state index contributed by atoms with van der Waals surface area (Å²) < 4.78 is 31.7. The second-order valence-corrected chi connectivity index (χ2v) is 4.26. The number of allylic oxidation sites excluding steroid dienone is 1. The van der Waals surface area contributed by atoms with Crippen LogP contribution in [-0.4, -0.2) is 29.2 Å². The quantitative estimate of drug-likeness (QED) is 0.591. The van der Waals surface area contributed by atoms with Gasteiger partial charge in [-0.1, -0.05) is 12.2 Å². The molecule has 1 amide bonds. The van der Waals surface area contributed by atoms with Crippen LogP contribution in [0.3, 0.4) is 0 Å². The fraction of sp³-hybridized carbons (Fsp3) is 0.600. The van der Waals surface area contributed by atoms with E-state index in [0.29, 0.717) is 11.8 Å². The third-order valence-corrected chi connectivity index (χ3v) is 3.09. The molecular formula is C10H13F3N2O3. The number of carboxylic acids is 1. The van der Waals surface area contributed by atoms with Gasteiger partial charge in [0.05, 0.1) is 5.92 Å². The largest absolute Gasteiger partial charge is 0.490 e. The molecule has 5 nitrogen and oxygen atoms in total. The standard InChI is InChI=1S/C8H12N2O.C2HF3O2/c9-7-5-2-1-4(3-5)6(7)8(10)11;3-2(4,5)1(6)7/h1-2,4-7H,3,9H2,(H2,10,11);(H,6,7)/t4-,5+,6+,7-;/m1./s1. The molecule has 2 aliphatic rings. The zero-order valence-electron chi connectivity index (χ0n) is 9.22. The zero-order valence-corrected chi connectivity index (χ0v) is 9.22. The molecule has 2 aliphatic carbocycles. The molecule has 0 aromatic carbocycles. The molecule has 5 N–H and O–H groups in total. The minimum atomic E-state index is -5.08. The number of hydrogen-bond donors (Lipinski definition) is 3. The van der Waals surface area contributed by atoms with Crippen LogP contribution in [0.2, 0.25) is 0 Å². The second kappa shape index (κ2) is 4.97. The molecule has 0 radical (unpaired) electrons. The number of carbonyl (C=O) groups excluding carboxylic acids is 1. The zero-order chi connectivity index (χ0) is 14.1. The van der Waals surface area contributed by atoms with Crippen LogP contribution in [0.1, 0.15) is 6.42 Å². The van der Waals surface area contributed by atoms with Crippen molar-refractivity contribution in [1.82, 2.24) is 0 Å². The van der Waals surface area contributed by atoms with Gasteiger partial charge in [-0.25, -0.2) is 4.79 Å². The summed E-state index contributed by atoms with van der Waals surface area (Å²) in [6, 6.07) is -0.0255. The summed E-state index contributed by atoms with van der Waals surface area (Å²) >= 11 is 0. The number of aliphatic carboxylic acids is 1. The minimum Gasteiger partial charge on any atom is -0.475 e. The van der Waals surface area contributed by atoms with E-state index in [1.807, 2.05) is 0 Å². The number of rotatable bonds is 1. The Balaban J connectivity index is 0.000000203. The van der Waals surface area contributed by atoms with Crippen LogP contribution >= 0.6 is 0 Å². The number of halogens is 3. The molecule has 0 aliphatic heterocycles. The van der Waals surface area contributed by atoms with Crippen LogP contribution in [-0.2, 0) is 9.59 Å². The van der Waals surface area contributed by atoms with E-state index in [4.69, 9.17) is 21.4 Å². The van der Waals surface area contributed by atoms with Crippen molar-refractivity contribution < 1.29 is 27.9 Å². The van der Waals surface area contributed by atoms with Crippen molar-refractivity contribution >= 4 is 11.9 Å². The predicted molar refractivity (Wildman–Crippen MR) is 55.1 cm³/mol. The highest BCUT2D eigenvalue weighted by atomic mass is 19.4. The molecule has 18 heavy (non-hydrogen) atoms. The van der Waals surface area contributed by atoms with Crippen molar-refractivity contribution in [3.63, 3.8) is 0 Å². The maximum absolute atomic E-state index is 10.9. The van der Waals surface area contributed by atoms with E-state index in [0.717, 1.165) is 6.42 Å². The average molecular weight is 266 g/mol. The Hall–Kier alpha value is -1.57. The molecule has 0 aromatic heterocycles. The molecule has 1 saturated carbocycles. The van der Waals surface area contributed by atoms with E-state index >= 15 is 0 Å². The minimum absolute atomic E-state index is 0.0255. The highest BCUT2D eigenvalue weighted by Crippen LogP contribution is 2.42. The Kier molecular flexibility index (Phi) is 4.00. The number of amides is 1. The molecular weight excluding hydrogens is 253 g/mol. The highest BCUT2D eigenvalue weighted by Gasteiger charge is 2.45. The van der Waals surface area contributed by atoms with E-state index in [1.165, 1.54) is 0 Å². The van der Waals surface area contributed by atoms with E-state index in [-0.39, 0.29) is 17.9 Å². The van der Waals surface area contributed by atoms with Crippen molar-refractivity contribution in [2.75, 3.05) is 0 Å². The maximum Gasteiger partial charge on any atom is 0.490 e. The van der Waals surface area contributed by atoms with Gasteiger partial charge in [-0.2, -0.15) is 13.2 Å². The Bertz CT molecular complexity index is 381. The molecule has 2 bridgehead atoms. The first-order chi connectivity index (χ1) is 8.14. The maximum atomic E-state index is 10.9. The van der Waals surface area contributed by atoms with Crippen LogP contribution in [0.4, 0.5) is 13.2 Å². The Labute approximate surface area is 101 Å². The number of carbonyl (C=O) groups is 2. The molecule has 102 valence electrons.